The number of ether oxygens (including phenoxy) is 2. The van der Waals surface area contributed by atoms with E-state index in [1.165, 1.54) is 0 Å². The lowest BCUT2D eigenvalue weighted by atomic mass is 10.1. The normalized spacial score (nSPS) is 11.8. The van der Waals surface area contributed by atoms with E-state index < -0.39 is 5.91 Å². The average Bonchev–Trinajstić information content (AvgIpc) is 3.69. The summed E-state index contributed by atoms with van der Waals surface area (Å²) in [6.07, 6.45) is 0.138. The van der Waals surface area contributed by atoms with E-state index in [1.807, 2.05) is 12.1 Å². The van der Waals surface area contributed by atoms with Crippen LogP contribution in [0, 0.1) is 11.3 Å². The summed E-state index contributed by atoms with van der Waals surface area (Å²) in [4.78, 5) is 29.0. The van der Waals surface area contributed by atoms with Gasteiger partial charge in [0.25, 0.3) is 5.91 Å². The van der Waals surface area contributed by atoms with E-state index in [0.29, 0.717) is 45.3 Å². The zero-order chi connectivity index (χ0) is 26.1. The van der Waals surface area contributed by atoms with E-state index in [1.54, 1.807) is 48.5 Å². The second-order valence-electron chi connectivity index (χ2n) is 8.44. The van der Waals surface area contributed by atoms with Crippen LogP contribution in [0.1, 0.15) is 21.6 Å². The van der Waals surface area contributed by atoms with Crippen LogP contribution in [0.5, 0.6) is 11.5 Å². The highest BCUT2D eigenvalue weighted by molar-refractivity contribution is 6.09. The minimum atomic E-state index is -0.419. The number of hydrogen-bond acceptors (Lipinski definition) is 8. The van der Waals surface area contributed by atoms with Gasteiger partial charge in [-0.2, -0.15) is 5.26 Å². The van der Waals surface area contributed by atoms with Crippen LogP contribution >= 0.6 is 0 Å². The number of anilines is 2. The van der Waals surface area contributed by atoms with Gasteiger partial charge in [0.05, 0.1) is 34.9 Å². The summed E-state index contributed by atoms with van der Waals surface area (Å²) in [5.41, 5.74) is 3.49. The summed E-state index contributed by atoms with van der Waals surface area (Å²) in [5.74, 6) is 0.933. The highest BCUT2D eigenvalue weighted by Crippen LogP contribution is 2.33. The molecule has 0 bridgehead atoms. The van der Waals surface area contributed by atoms with Crippen LogP contribution in [-0.2, 0) is 11.2 Å². The first-order valence-corrected chi connectivity index (χ1v) is 11.5. The van der Waals surface area contributed by atoms with Gasteiger partial charge < -0.3 is 25.1 Å². The van der Waals surface area contributed by atoms with Crippen LogP contribution in [0.25, 0.3) is 22.3 Å². The molecule has 0 saturated carbocycles. The fourth-order valence-corrected chi connectivity index (χ4v) is 4.20. The van der Waals surface area contributed by atoms with E-state index in [2.05, 4.69) is 42.3 Å². The third kappa shape index (κ3) is 4.35. The number of nitrogens with zero attached hydrogens (tertiary/aromatic N) is 4. The summed E-state index contributed by atoms with van der Waals surface area (Å²) in [6.45, 7) is 0.166. The topological polar surface area (TPSA) is 171 Å². The maximum atomic E-state index is 13.1. The number of tetrazole rings is 1. The van der Waals surface area contributed by atoms with Crippen LogP contribution in [-0.4, -0.2) is 44.2 Å². The maximum Gasteiger partial charge on any atom is 0.272 e. The fourth-order valence-electron chi connectivity index (χ4n) is 4.20. The van der Waals surface area contributed by atoms with Gasteiger partial charge in [-0.25, -0.2) is 5.10 Å². The Morgan fingerprint density at radius 3 is 2.74 bits per heavy atom. The van der Waals surface area contributed by atoms with Crippen molar-refractivity contribution in [2.24, 2.45) is 0 Å². The molecule has 1 aliphatic heterocycles. The molecule has 0 saturated heterocycles. The van der Waals surface area contributed by atoms with Crippen LogP contribution in [0.15, 0.2) is 60.7 Å². The first kappa shape index (κ1) is 22.7. The van der Waals surface area contributed by atoms with Gasteiger partial charge in [-0.05, 0) is 58.5 Å². The second-order valence-corrected chi connectivity index (χ2v) is 8.44. The Labute approximate surface area is 214 Å². The minimum absolute atomic E-state index is 0.138. The SMILES string of the molecule is N#Cc1ccc(NC(=O)c2cc3cccc(NC(=O)Cc4ccc5c(c4)OCO5)c3[nH]2)c(-c2nnn[nH]2)c1. The number of H-pyrrole nitrogens is 2. The molecule has 0 radical (unpaired) electrons. The van der Waals surface area contributed by atoms with E-state index in [0.717, 1.165) is 10.9 Å². The third-order valence-corrected chi connectivity index (χ3v) is 5.97. The van der Waals surface area contributed by atoms with E-state index in [-0.39, 0.29) is 24.8 Å². The molecule has 0 fully saturated rings. The molecule has 5 aromatic rings. The molecule has 38 heavy (non-hydrogen) atoms. The predicted molar refractivity (Wildman–Crippen MR) is 135 cm³/mol. The summed E-state index contributed by atoms with van der Waals surface area (Å²) in [7, 11) is 0. The van der Waals surface area contributed by atoms with Crippen LogP contribution in [0.3, 0.4) is 0 Å². The van der Waals surface area contributed by atoms with Gasteiger partial charge in [-0.1, -0.05) is 18.2 Å². The molecule has 1 aliphatic rings. The Balaban J connectivity index is 1.22. The van der Waals surface area contributed by atoms with Crippen molar-refractivity contribution in [3.05, 3.63) is 77.5 Å². The second kappa shape index (κ2) is 9.40. The monoisotopic (exact) mass is 506 g/mol. The van der Waals surface area contributed by atoms with Crippen LogP contribution < -0.4 is 20.1 Å². The van der Waals surface area contributed by atoms with Gasteiger partial charge in [-0.15, -0.1) is 5.10 Å². The number of para-hydroxylation sites is 1. The quantitative estimate of drug-likeness (QED) is 0.271. The lowest BCUT2D eigenvalue weighted by Crippen LogP contribution is -2.15. The van der Waals surface area contributed by atoms with Crippen molar-refractivity contribution in [1.82, 2.24) is 25.6 Å². The fraction of sp³-hybridized carbons (Fsp3) is 0.0769. The summed E-state index contributed by atoms with van der Waals surface area (Å²) >= 11 is 0. The summed E-state index contributed by atoms with van der Waals surface area (Å²) in [6, 6.07) is 19.3. The van der Waals surface area contributed by atoms with Crippen LogP contribution in [0.2, 0.25) is 0 Å². The summed E-state index contributed by atoms with van der Waals surface area (Å²) < 4.78 is 10.7. The molecule has 2 aromatic heterocycles. The average molecular weight is 506 g/mol. The number of carbonyl (C=O) groups is 2. The van der Waals surface area contributed by atoms with Gasteiger partial charge in [-0.3, -0.25) is 9.59 Å². The number of carbonyl (C=O) groups excluding carboxylic acids is 2. The molecule has 2 amide bonds. The molecular formula is C26H18N8O4. The number of aromatic nitrogens is 5. The lowest BCUT2D eigenvalue weighted by Gasteiger charge is -2.09. The van der Waals surface area contributed by atoms with Crippen LogP contribution in [0.4, 0.5) is 11.4 Å². The van der Waals surface area contributed by atoms with Gasteiger partial charge in [0.1, 0.15) is 5.69 Å². The highest BCUT2D eigenvalue weighted by atomic mass is 16.7. The van der Waals surface area contributed by atoms with Gasteiger partial charge in [0.2, 0.25) is 12.7 Å². The zero-order valence-corrected chi connectivity index (χ0v) is 19.6. The molecular weight excluding hydrogens is 488 g/mol. The first-order chi connectivity index (χ1) is 18.6. The molecule has 0 atom stereocenters. The molecule has 12 heteroatoms. The van der Waals surface area contributed by atoms with Gasteiger partial charge in [0, 0.05) is 10.9 Å². The maximum absolute atomic E-state index is 13.1. The minimum Gasteiger partial charge on any atom is -0.454 e. The van der Waals surface area contributed by atoms with Crippen molar-refractivity contribution < 1.29 is 19.1 Å². The Bertz CT molecular complexity index is 1740. The molecule has 12 nitrogen and oxygen atoms in total. The molecule has 0 unspecified atom stereocenters. The van der Waals surface area contributed by atoms with Crippen molar-refractivity contribution in [3.63, 3.8) is 0 Å². The Kier molecular flexibility index (Phi) is 5.62. The largest absolute Gasteiger partial charge is 0.454 e. The third-order valence-electron chi connectivity index (χ3n) is 5.97. The van der Waals surface area contributed by atoms with Gasteiger partial charge in [0.15, 0.2) is 17.3 Å². The standard InChI is InChI=1S/C26H18N8O4/c27-12-15-4-6-18(17(8-15)25-31-33-34-32-25)30-26(36)20-11-16-2-1-3-19(24(16)29-20)28-23(35)10-14-5-7-21-22(9-14)38-13-37-21/h1-9,11,29H,10,13H2,(H,28,35)(H,30,36)(H,31,32,33,34). The Morgan fingerprint density at radius 2 is 1.89 bits per heavy atom. The number of aromatic amines is 2. The first-order valence-electron chi connectivity index (χ1n) is 11.5. The predicted octanol–water partition coefficient (Wildman–Crippen LogP) is 3.38. The van der Waals surface area contributed by atoms with Crippen molar-refractivity contribution in [1.29, 1.82) is 5.26 Å². The molecule has 0 aliphatic carbocycles. The van der Waals surface area contributed by atoms with Crippen molar-refractivity contribution in [3.8, 4) is 29.0 Å². The number of nitrogens with one attached hydrogen (secondary N) is 4. The lowest BCUT2D eigenvalue weighted by molar-refractivity contribution is -0.115. The molecule has 6 rings (SSSR count). The molecule has 3 heterocycles. The smallest absolute Gasteiger partial charge is 0.272 e. The van der Waals surface area contributed by atoms with Crippen molar-refractivity contribution >= 4 is 34.1 Å². The van der Waals surface area contributed by atoms with Crippen molar-refractivity contribution in [2.45, 2.75) is 6.42 Å². The highest BCUT2D eigenvalue weighted by Gasteiger charge is 2.18. The van der Waals surface area contributed by atoms with E-state index >= 15 is 0 Å². The molecule has 0 spiro atoms. The number of hydrogen-bond donors (Lipinski definition) is 4. The molecule has 186 valence electrons. The number of benzene rings is 3. The van der Waals surface area contributed by atoms with Crippen molar-refractivity contribution in [2.75, 3.05) is 17.4 Å². The Morgan fingerprint density at radius 1 is 1.00 bits per heavy atom. The number of fused-ring (bicyclic) bond motifs is 2. The number of nitriles is 1. The van der Waals surface area contributed by atoms with Gasteiger partial charge >= 0.3 is 0 Å². The van der Waals surface area contributed by atoms with E-state index in [9.17, 15) is 14.9 Å². The molecule has 3 aromatic carbocycles. The molecule has 4 N–H and O–H groups in total. The number of rotatable bonds is 6. The summed E-state index contributed by atoms with van der Waals surface area (Å²) in [5, 5.41) is 29.4. The zero-order valence-electron chi connectivity index (χ0n) is 19.6. The number of amides is 2. The van der Waals surface area contributed by atoms with E-state index in [4.69, 9.17) is 9.47 Å². The Hall–Kier alpha value is -5.70.